The van der Waals surface area contributed by atoms with Crippen LogP contribution in [0.1, 0.15) is 39.0 Å². The fourth-order valence-electron chi connectivity index (χ4n) is 3.91. The van der Waals surface area contributed by atoms with E-state index in [9.17, 15) is 14.3 Å². The van der Waals surface area contributed by atoms with Crippen LogP contribution in [0.3, 0.4) is 0 Å². The van der Waals surface area contributed by atoms with E-state index in [1.807, 2.05) is 0 Å². The second-order valence-corrected chi connectivity index (χ2v) is 6.36. The number of Topliss-reactive ketones (excluding diaryl/α,β-unsaturated/α-hetero) is 1. The molecular formula is C18H22FNO2. The molecule has 0 amide bonds. The van der Waals surface area contributed by atoms with Gasteiger partial charge in [-0.25, -0.2) is 4.39 Å². The molecule has 0 saturated heterocycles. The third kappa shape index (κ3) is 2.74. The number of carbonyl (C=O) groups is 1. The Morgan fingerprint density at radius 2 is 1.82 bits per heavy atom. The third-order valence-corrected chi connectivity index (χ3v) is 4.90. The van der Waals surface area contributed by atoms with E-state index >= 15 is 0 Å². The van der Waals surface area contributed by atoms with Crippen molar-refractivity contribution in [1.82, 2.24) is 0 Å². The molecule has 1 aliphatic carbocycles. The first-order valence-corrected chi connectivity index (χ1v) is 8.03. The lowest BCUT2D eigenvalue weighted by Crippen LogP contribution is -2.40. The predicted molar refractivity (Wildman–Crippen MR) is 84.4 cm³/mol. The quantitative estimate of drug-likeness (QED) is 0.917. The van der Waals surface area contributed by atoms with Crippen molar-refractivity contribution in [2.75, 3.05) is 11.4 Å². The highest BCUT2D eigenvalue weighted by Gasteiger charge is 2.40. The van der Waals surface area contributed by atoms with Crippen LogP contribution >= 0.6 is 0 Å². The summed E-state index contributed by atoms with van der Waals surface area (Å²) in [5.74, 6) is 0.216. The number of rotatable bonds is 3. The van der Waals surface area contributed by atoms with Gasteiger partial charge in [-0.1, -0.05) is 19.3 Å². The summed E-state index contributed by atoms with van der Waals surface area (Å²) in [5.41, 5.74) is 1.41. The number of anilines is 1. The molecule has 1 aromatic carbocycles. The maximum atomic E-state index is 13.2. The molecule has 0 spiro atoms. The minimum Gasteiger partial charge on any atom is -0.510 e. The van der Waals surface area contributed by atoms with Crippen molar-refractivity contribution in [2.45, 2.75) is 45.1 Å². The van der Waals surface area contributed by atoms with E-state index in [4.69, 9.17) is 0 Å². The summed E-state index contributed by atoms with van der Waals surface area (Å²) in [5, 5.41) is 10.3. The van der Waals surface area contributed by atoms with Crippen LogP contribution in [0.5, 0.6) is 0 Å². The molecule has 1 heterocycles. The molecule has 118 valence electrons. The van der Waals surface area contributed by atoms with Gasteiger partial charge in [0.25, 0.3) is 0 Å². The lowest BCUT2D eigenvalue weighted by Gasteiger charge is -2.36. The first-order valence-electron chi connectivity index (χ1n) is 8.03. The molecule has 2 aliphatic rings. The number of carbonyl (C=O) groups excluding carboxylic acids is 1. The van der Waals surface area contributed by atoms with Gasteiger partial charge < -0.3 is 10.0 Å². The summed E-state index contributed by atoms with van der Waals surface area (Å²) >= 11 is 0. The van der Waals surface area contributed by atoms with E-state index in [-0.39, 0.29) is 23.4 Å². The van der Waals surface area contributed by atoms with Gasteiger partial charge >= 0.3 is 0 Å². The van der Waals surface area contributed by atoms with E-state index < -0.39 is 0 Å². The summed E-state index contributed by atoms with van der Waals surface area (Å²) in [4.78, 5) is 14.1. The van der Waals surface area contributed by atoms with Gasteiger partial charge in [-0.2, -0.15) is 0 Å². The van der Waals surface area contributed by atoms with Crippen molar-refractivity contribution in [3.8, 4) is 0 Å². The van der Waals surface area contributed by atoms with Crippen LogP contribution in [0.25, 0.3) is 0 Å². The second-order valence-electron chi connectivity index (χ2n) is 6.36. The minimum atomic E-state index is -0.277. The largest absolute Gasteiger partial charge is 0.510 e. The number of hydrogen-bond donors (Lipinski definition) is 1. The van der Waals surface area contributed by atoms with Crippen LogP contribution in [0.4, 0.5) is 10.1 Å². The topological polar surface area (TPSA) is 40.5 Å². The van der Waals surface area contributed by atoms with Crippen molar-refractivity contribution >= 4 is 11.5 Å². The molecule has 1 aliphatic heterocycles. The van der Waals surface area contributed by atoms with Crippen LogP contribution in [-0.2, 0) is 4.79 Å². The van der Waals surface area contributed by atoms with E-state index in [0.717, 1.165) is 18.5 Å². The van der Waals surface area contributed by atoms with E-state index in [1.54, 1.807) is 12.1 Å². The second kappa shape index (κ2) is 6.11. The fourth-order valence-corrected chi connectivity index (χ4v) is 3.91. The number of halogens is 1. The van der Waals surface area contributed by atoms with Crippen LogP contribution in [0, 0.1) is 11.7 Å². The van der Waals surface area contributed by atoms with Gasteiger partial charge in [0.2, 0.25) is 0 Å². The maximum Gasteiger partial charge on any atom is 0.161 e. The van der Waals surface area contributed by atoms with E-state index in [2.05, 4.69) is 4.90 Å². The molecule has 1 unspecified atom stereocenters. The predicted octanol–water partition coefficient (Wildman–Crippen LogP) is 4.00. The van der Waals surface area contributed by atoms with Crippen LogP contribution in [-0.4, -0.2) is 23.5 Å². The average Bonchev–Trinajstić information content (AvgIpc) is 2.86. The Morgan fingerprint density at radius 1 is 1.18 bits per heavy atom. The zero-order valence-electron chi connectivity index (χ0n) is 12.9. The Balaban J connectivity index is 1.95. The van der Waals surface area contributed by atoms with E-state index in [1.165, 1.54) is 38.3 Å². The highest BCUT2D eigenvalue weighted by atomic mass is 19.1. The summed E-state index contributed by atoms with van der Waals surface area (Å²) in [6.07, 6.45) is 5.73. The molecular weight excluding hydrogens is 281 g/mol. The Kier molecular flexibility index (Phi) is 4.19. The lowest BCUT2D eigenvalue weighted by atomic mass is 9.80. The fraction of sp³-hybridized carbons (Fsp3) is 0.500. The molecule has 22 heavy (non-hydrogen) atoms. The Hall–Kier alpha value is -1.84. The monoisotopic (exact) mass is 303 g/mol. The molecule has 1 saturated carbocycles. The first kappa shape index (κ1) is 15.1. The molecule has 1 fully saturated rings. The van der Waals surface area contributed by atoms with Crippen molar-refractivity contribution in [2.24, 2.45) is 5.92 Å². The van der Waals surface area contributed by atoms with Gasteiger partial charge in [-0.05, 0) is 49.9 Å². The summed E-state index contributed by atoms with van der Waals surface area (Å²) in [6.45, 7) is 1.86. The summed E-state index contributed by atoms with van der Waals surface area (Å²) in [6, 6.07) is 6.22. The number of hydrogen-bond acceptors (Lipinski definition) is 3. The van der Waals surface area contributed by atoms with Crippen molar-refractivity contribution < 1.29 is 14.3 Å². The molecule has 3 nitrogen and oxygen atoms in total. The molecule has 0 aromatic heterocycles. The number of benzene rings is 1. The summed E-state index contributed by atoms with van der Waals surface area (Å²) < 4.78 is 13.2. The molecule has 1 N–H and O–H groups in total. The van der Waals surface area contributed by atoms with Crippen LogP contribution < -0.4 is 4.90 Å². The van der Waals surface area contributed by atoms with Gasteiger partial charge in [0.1, 0.15) is 11.6 Å². The molecule has 0 bridgehead atoms. The smallest absolute Gasteiger partial charge is 0.161 e. The molecule has 0 radical (unpaired) electrons. The minimum absolute atomic E-state index is 0.0577. The Labute approximate surface area is 130 Å². The van der Waals surface area contributed by atoms with Crippen molar-refractivity contribution in [1.29, 1.82) is 0 Å². The Morgan fingerprint density at radius 3 is 2.41 bits per heavy atom. The zero-order valence-corrected chi connectivity index (χ0v) is 12.9. The molecule has 3 rings (SSSR count). The van der Waals surface area contributed by atoms with Gasteiger partial charge in [0.15, 0.2) is 5.78 Å². The van der Waals surface area contributed by atoms with Gasteiger partial charge in [0, 0.05) is 5.69 Å². The Bertz CT molecular complexity index is 588. The van der Waals surface area contributed by atoms with Crippen molar-refractivity contribution in [3.63, 3.8) is 0 Å². The number of aliphatic hydroxyl groups is 1. The van der Waals surface area contributed by atoms with Gasteiger partial charge in [-0.15, -0.1) is 0 Å². The molecule has 1 atom stereocenters. The van der Waals surface area contributed by atoms with Crippen LogP contribution in [0.15, 0.2) is 35.6 Å². The van der Waals surface area contributed by atoms with E-state index in [0.29, 0.717) is 18.0 Å². The van der Waals surface area contributed by atoms with Crippen molar-refractivity contribution in [3.05, 3.63) is 41.4 Å². The highest BCUT2D eigenvalue weighted by molar-refractivity contribution is 5.97. The first-order chi connectivity index (χ1) is 10.6. The number of nitrogens with zero attached hydrogens (tertiary/aromatic N) is 1. The van der Waals surface area contributed by atoms with Gasteiger partial charge in [0.05, 0.1) is 18.2 Å². The summed E-state index contributed by atoms with van der Waals surface area (Å²) in [7, 11) is 0. The van der Waals surface area contributed by atoms with Crippen LogP contribution in [0.2, 0.25) is 0 Å². The number of ketones is 1. The zero-order chi connectivity index (χ0) is 15.7. The SMILES string of the molecule is CC(=O)C1=C(O)CN(c2ccc(F)cc2)C1C1CCCCC1. The third-order valence-electron chi connectivity index (χ3n) is 4.90. The number of aliphatic hydroxyl groups excluding tert-OH is 1. The maximum absolute atomic E-state index is 13.2. The lowest BCUT2D eigenvalue weighted by molar-refractivity contribution is -0.114. The highest BCUT2D eigenvalue weighted by Crippen LogP contribution is 2.39. The molecule has 1 aromatic rings. The van der Waals surface area contributed by atoms with Gasteiger partial charge in [-0.3, -0.25) is 4.79 Å². The average molecular weight is 303 g/mol. The normalized spacial score (nSPS) is 23.2. The molecule has 4 heteroatoms. The standard InChI is InChI=1S/C18H22FNO2/c1-12(21)17-16(22)11-20(15-9-7-14(19)8-10-15)18(17)13-5-3-2-4-6-13/h7-10,13,18,22H,2-6,11H2,1H3.